The van der Waals surface area contributed by atoms with Gasteiger partial charge < -0.3 is 0 Å². The summed E-state index contributed by atoms with van der Waals surface area (Å²) in [6, 6.07) is 0. The van der Waals surface area contributed by atoms with E-state index in [9.17, 15) is 0 Å². The molecule has 0 spiro atoms. The SMILES string of the molecule is CCCCCCCCCCCCCCC[n+]1ccn(CCCCCCCCCCCCCC)c1CCCCC. The van der Waals surface area contributed by atoms with Gasteiger partial charge in [0.1, 0.15) is 12.4 Å². The van der Waals surface area contributed by atoms with Gasteiger partial charge in [0.15, 0.2) is 0 Å². The fraction of sp³-hybridized carbons (Fsp3) is 0.919. The Morgan fingerprint density at radius 2 is 0.795 bits per heavy atom. The van der Waals surface area contributed by atoms with Crippen LogP contribution in [0.2, 0.25) is 0 Å². The van der Waals surface area contributed by atoms with Gasteiger partial charge >= 0.3 is 0 Å². The Labute approximate surface area is 247 Å². The van der Waals surface area contributed by atoms with Gasteiger partial charge in [-0.1, -0.05) is 168 Å². The number of hydrogen-bond donors (Lipinski definition) is 0. The van der Waals surface area contributed by atoms with E-state index < -0.39 is 0 Å². The minimum atomic E-state index is 1.23. The van der Waals surface area contributed by atoms with Crippen molar-refractivity contribution in [3.63, 3.8) is 0 Å². The molecule has 230 valence electrons. The van der Waals surface area contributed by atoms with Crippen LogP contribution in [0.3, 0.4) is 0 Å². The summed E-state index contributed by atoms with van der Waals surface area (Å²) in [4.78, 5) is 0. The lowest BCUT2D eigenvalue weighted by molar-refractivity contribution is -0.704. The van der Waals surface area contributed by atoms with Crippen LogP contribution in [0, 0.1) is 0 Å². The van der Waals surface area contributed by atoms with Crippen LogP contribution in [0.25, 0.3) is 0 Å². The zero-order valence-corrected chi connectivity index (χ0v) is 27.5. The molecule has 0 fully saturated rings. The van der Waals surface area contributed by atoms with E-state index in [1.54, 1.807) is 5.82 Å². The van der Waals surface area contributed by atoms with Crippen LogP contribution < -0.4 is 4.57 Å². The average molecular weight is 546 g/mol. The van der Waals surface area contributed by atoms with Crippen molar-refractivity contribution in [2.45, 2.75) is 220 Å². The van der Waals surface area contributed by atoms with Crippen LogP contribution in [-0.4, -0.2) is 4.57 Å². The fourth-order valence-corrected chi connectivity index (χ4v) is 6.15. The van der Waals surface area contributed by atoms with Crippen LogP contribution in [0.5, 0.6) is 0 Å². The maximum absolute atomic E-state index is 2.61. The second-order valence-corrected chi connectivity index (χ2v) is 12.7. The van der Waals surface area contributed by atoms with Crippen molar-refractivity contribution in [2.75, 3.05) is 0 Å². The average Bonchev–Trinajstić information content (AvgIpc) is 3.33. The van der Waals surface area contributed by atoms with Gasteiger partial charge in [0.05, 0.1) is 13.1 Å². The van der Waals surface area contributed by atoms with Crippen LogP contribution >= 0.6 is 0 Å². The molecule has 0 amide bonds. The normalized spacial score (nSPS) is 11.6. The zero-order chi connectivity index (χ0) is 28.1. The Bertz CT molecular complexity index is 605. The highest BCUT2D eigenvalue weighted by molar-refractivity contribution is 4.84. The second-order valence-electron chi connectivity index (χ2n) is 12.7. The topological polar surface area (TPSA) is 8.81 Å². The first-order chi connectivity index (χ1) is 19.3. The molecular formula is C37H73N2+. The summed E-state index contributed by atoms with van der Waals surface area (Å²) in [7, 11) is 0. The van der Waals surface area contributed by atoms with Gasteiger partial charge in [-0.3, -0.25) is 0 Å². The van der Waals surface area contributed by atoms with Crippen molar-refractivity contribution in [1.29, 1.82) is 0 Å². The van der Waals surface area contributed by atoms with Gasteiger partial charge in [-0.15, -0.1) is 0 Å². The number of imidazole rings is 1. The van der Waals surface area contributed by atoms with Gasteiger partial charge in [-0.25, -0.2) is 9.13 Å². The smallest absolute Gasteiger partial charge is 0.234 e. The third kappa shape index (κ3) is 21.6. The highest BCUT2D eigenvalue weighted by Crippen LogP contribution is 2.14. The van der Waals surface area contributed by atoms with Crippen molar-refractivity contribution in [3.05, 3.63) is 18.2 Å². The molecule has 1 aromatic heterocycles. The highest BCUT2D eigenvalue weighted by Gasteiger charge is 2.16. The Balaban J connectivity index is 2.14. The molecule has 0 aliphatic rings. The van der Waals surface area contributed by atoms with Crippen LogP contribution in [0.1, 0.15) is 206 Å². The van der Waals surface area contributed by atoms with E-state index >= 15 is 0 Å². The number of hydrogen-bond acceptors (Lipinski definition) is 0. The molecule has 39 heavy (non-hydrogen) atoms. The summed E-state index contributed by atoms with van der Waals surface area (Å²) >= 11 is 0. The lowest BCUT2D eigenvalue weighted by Gasteiger charge is -2.07. The maximum Gasteiger partial charge on any atom is 0.256 e. The van der Waals surface area contributed by atoms with E-state index in [4.69, 9.17) is 0 Å². The molecule has 1 rings (SSSR count). The number of aromatic nitrogens is 2. The predicted molar refractivity (Wildman–Crippen MR) is 175 cm³/mol. The molecule has 0 aliphatic carbocycles. The van der Waals surface area contributed by atoms with E-state index in [1.807, 2.05) is 0 Å². The minimum absolute atomic E-state index is 1.23. The van der Waals surface area contributed by atoms with E-state index in [1.165, 1.54) is 199 Å². The Morgan fingerprint density at radius 3 is 1.23 bits per heavy atom. The molecule has 0 saturated carbocycles. The second kappa shape index (κ2) is 28.7. The van der Waals surface area contributed by atoms with Crippen molar-refractivity contribution in [3.8, 4) is 0 Å². The van der Waals surface area contributed by atoms with Gasteiger partial charge in [0.2, 0.25) is 0 Å². The molecular weight excluding hydrogens is 472 g/mol. The molecule has 0 unspecified atom stereocenters. The molecule has 2 heteroatoms. The molecule has 0 N–H and O–H groups in total. The van der Waals surface area contributed by atoms with Gasteiger partial charge in [-0.2, -0.15) is 0 Å². The van der Waals surface area contributed by atoms with E-state index in [0.717, 1.165) is 0 Å². The number of nitrogens with zero attached hydrogens (tertiary/aromatic N) is 2. The van der Waals surface area contributed by atoms with Crippen molar-refractivity contribution in [2.24, 2.45) is 0 Å². The summed E-state index contributed by atoms with van der Waals surface area (Å²) in [5, 5.41) is 0. The summed E-state index contributed by atoms with van der Waals surface area (Å²) in [5.74, 6) is 1.60. The number of aryl methyl sites for hydroxylation is 2. The van der Waals surface area contributed by atoms with E-state index in [0.29, 0.717) is 0 Å². The van der Waals surface area contributed by atoms with Crippen LogP contribution in [0.15, 0.2) is 12.4 Å². The summed E-state index contributed by atoms with van der Waals surface area (Å²) in [6.07, 6.45) is 46.0. The number of rotatable bonds is 31. The standard InChI is InChI=1S/C37H73N2/c1-4-7-10-12-14-16-18-20-22-24-26-28-31-34-39-36-35-38(37(39)32-29-9-6-3)33-30-27-25-23-21-19-17-15-13-11-8-5-2/h35-36H,4-34H2,1-3H3/q+1. The molecule has 1 aromatic rings. The quantitative estimate of drug-likeness (QED) is 0.0648. The maximum atomic E-state index is 2.61. The zero-order valence-electron chi connectivity index (χ0n) is 27.5. The van der Waals surface area contributed by atoms with Crippen LogP contribution in [-0.2, 0) is 19.5 Å². The first-order valence-electron chi connectivity index (χ1n) is 18.4. The summed E-state index contributed by atoms with van der Waals surface area (Å²) < 4.78 is 5.21. The van der Waals surface area contributed by atoms with Gasteiger partial charge in [0, 0.05) is 6.42 Å². The minimum Gasteiger partial charge on any atom is -0.234 e. The summed E-state index contributed by atoms with van der Waals surface area (Å²) in [5.41, 5.74) is 0. The first kappa shape index (κ1) is 36.2. The molecule has 0 aromatic carbocycles. The van der Waals surface area contributed by atoms with Gasteiger partial charge in [-0.05, 0) is 32.1 Å². The number of unbranched alkanes of at least 4 members (excludes halogenated alkanes) is 25. The van der Waals surface area contributed by atoms with Crippen molar-refractivity contribution in [1.82, 2.24) is 4.57 Å². The Morgan fingerprint density at radius 1 is 0.436 bits per heavy atom. The fourth-order valence-electron chi connectivity index (χ4n) is 6.15. The summed E-state index contributed by atoms with van der Waals surface area (Å²) in [6.45, 7) is 9.40. The first-order valence-corrected chi connectivity index (χ1v) is 18.4. The molecule has 2 nitrogen and oxygen atoms in total. The third-order valence-corrected chi connectivity index (χ3v) is 8.85. The molecule has 0 atom stereocenters. The van der Waals surface area contributed by atoms with E-state index in [2.05, 4.69) is 42.3 Å². The molecule has 0 saturated heterocycles. The monoisotopic (exact) mass is 546 g/mol. The molecule has 0 bridgehead atoms. The lowest BCUT2D eigenvalue weighted by Crippen LogP contribution is -2.37. The molecule has 0 aliphatic heterocycles. The van der Waals surface area contributed by atoms with Crippen LogP contribution in [0.4, 0.5) is 0 Å². The molecule has 0 radical (unpaired) electrons. The lowest BCUT2D eigenvalue weighted by atomic mass is 10.0. The van der Waals surface area contributed by atoms with Crippen molar-refractivity contribution < 1.29 is 4.57 Å². The Hall–Kier alpha value is -0.790. The molecule has 1 heterocycles. The largest absolute Gasteiger partial charge is 0.256 e. The van der Waals surface area contributed by atoms with Gasteiger partial charge in [0.25, 0.3) is 5.82 Å². The highest BCUT2D eigenvalue weighted by atomic mass is 15.1. The third-order valence-electron chi connectivity index (χ3n) is 8.85. The predicted octanol–water partition coefficient (Wildman–Crippen LogP) is 12.3. The van der Waals surface area contributed by atoms with Crippen molar-refractivity contribution >= 4 is 0 Å². The Kier molecular flexibility index (Phi) is 26.7. The van der Waals surface area contributed by atoms with E-state index in [-0.39, 0.29) is 0 Å².